The van der Waals surface area contributed by atoms with Gasteiger partial charge in [-0.25, -0.2) is 14.5 Å². The summed E-state index contributed by atoms with van der Waals surface area (Å²) in [7, 11) is -4.61. The molecule has 0 saturated heterocycles. The third-order valence-corrected chi connectivity index (χ3v) is 6.58. The molecule has 1 aliphatic carbocycles. The molecule has 0 aromatic carbocycles. The Morgan fingerprint density at radius 1 is 1.48 bits per heavy atom. The molecule has 0 unspecified atom stereocenters. The quantitative estimate of drug-likeness (QED) is 0.157. The van der Waals surface area contributed by atoms with Crippen molar-refractivity contribution in [2.45, 2.75) is 46.1 Å². The molecule has 10 nitrogen and oxygen atoms in total. The van der Waals surface area contributed by atoms with E-state index in [1.165, 1.54) is 4.90 Å². The van der Waals surface area contributed by atoms with Gasteiger partial charge in [0.25, 0.3) is 0 Å². The maximum atomic E-state index is 11.7. The predicted octanol–water partition coefficient (Wildman–Crippen LogP) is 2.01. The maximum absolute atomic E-state index is 11.7. The van der Waals surface area contributed by atoms with Crippen molar-refractivity contribution in [2.24, 2.45) is 5.92 Å². The van der Waals surface area contributed by atoms with Crippen molar-refractivity contribution in [3.05, 3.63) is 28.2 Å². The van der Waals surface area contributed by atoms with E-state index in [-0.39, 0.29) is 36.4 Å². The number of aromatic nitrogens is 2. The lowest BCUT2D eigenvalue weighted by molar-refractivity contribution is -0.116. The molecule has 2 rings (SSSR count). The first-order valence-electron chi connectivity index (χ1n) is 9.08. The molecule has 1 fully saturated rings. The van der Waals surface area contributed by atoms with Crippen LogP contribution in [0.5, 0.6) is 0 Å². The Kier molecular flexibility index (Phi) is 8.50. The average molecular weight is 446 g/mol. The number of nitrogen functional groups attached to an aromatic ring is 1. The number of phosphoric ester groups is 1. The third-order valence-electron chi connectivity index (χ3n) is 4.65. The summed E-state index contributed by atoms with van der Waals surface area (Å²) >= 11 is 0.510. The second kappa shape index (κ2) is 10.4. The molecule has 0 bridgehead atoms. The molecule has 0 atom stereocenters. The van der Waals surface area contributed by atoms with Gasteiger partial charge in [0, 0.05) is 29.8 Å². The number of amides is 1. The first-order chi connectivity index (χ1) is 13.6. The molecule has 0 spiro atoms. The highest BCUT2D eigenvalue weighted by Crippen LogP contribution is 2.37. The number of carbonyl (C=O) groups excluding carboxylic acids is 1. The molecule has 0 aliphatic heterocycles. The van der Waals surface area contributed by atoms with E-state index in [1.54, 1.807) is 20.0 Å². The summed E-state index contributed by atoms with van der Waals surface area (Å²) < 4.78 is 15.5. The maximum Gasteiger partial charge on any atom is 0.469 e. The standard InChI is InChI=1S/C17H27N4O6PS/c1-11(21(10-22)9-14-8-19-12(2)20-16(14)18)15(6-7-27-28(24,25)26)29-17(23)13-4-3-5-13/h8,10,13,23,29H,3-7,9H2,1-2H3,(H2,18,19,20)(H2,24,25,26)/b15-11-. The summed E-state index contributed by atoms with van der Waals surface area (Å²) in [5.74, 6) is 0.892. The van der Waals surface area contributed by atoms with Crippen molar-refractivity contribution < 1.29 is 28.8 Å². The van der Waals surface area contributed by atoms with E-state index < -0.39 is 7.82 Å². The second-order valence-corrected chi connectivity index (χ2v) is 9.23. The number of phosphoric acid groups is 1. The number of aliphatic hydroxyl groups excluding tert-OH is 1. The van der Waals surface area contributed by atoms with Crippen LogP contribution in [0.1, 0.15) is 44.0 Å². The topological polar surface area (TPSA) is 159 Å². The summed E-state index contributed by atoms with van der Waals surface area (Å²) in [6, 6.07) is 0. The van der Waals surface area contributed by atoms with Crippen LogP contribution in [0.25, 0.3) is 0 Å². The SMILES string of the molecule is C/C(=C(CCOP(=O)(O)O)/[SH]=C(\O)C1CCC1)N(C=O)Cc1cnc(C)nc1N. The lowest BCUT2D eigenvalue weighted by Crippen LogP contribution is -2.23. The number of nitrogens with two attached hydrogens (primary N) is 1. The Bertz CT molecular complexity index is 852. The van der Waals surface area contributed by atoms with Crippen molar-refractivity contribution in [2.75, 3.05) is 12.3 Å². The van der Waals surface area contributed by atoms with Crippen LogP contribution < -0.4 is 5.73 Å². The monoisotopic (exact) mass is 446 g/mol. The van der Waals surface area contributed by atoms with Crippen LogP contribution in [0.4, 0.5) is 5.82 Å². The van der Waals surface area contributed by atoms with Gasteiger partial charge in [-0.2, -0.15) is 0 Å². The van der Waals surface area contributed by atoms with E-state index in [0.29, 0.717) is 39.8 Å². The molecule has 1 aromatic rings. The normalized spacial score (nSPS) is 16.5. The van der Waals surface area contributed by atoms with Crippen LogP contribution >= 0.6 is 19.2 Å². The zero-order valence-corrected chi connectivity index (χ0v) is 18.1. The number of carbonyl (C=O) groups is 1. The Balaban J connectivity index is 2.28. The van der Waals surface area contributed by atoms with Gasteiger partial charge in [0.2, 0.25) is 6.41 Å². The highest BCUT2D eigenvalue weighted by Gasteiger charge is 2.22. The highest BCUT2D eigenvalue weighted by molar-refractivity contribution is 8.02. The van der Waals surface area contributed by atoms with E-state index in [0.717, 1.165) is 19.3 Å². The summed E-state index contributed by atoms with van der Waals surface area (Å²) in [4.78, 5) is 39.8. The minimum atomic E-state index is -4.61. The van der Waals surface area contributed by atoms with Gasteiger partial charge in [0.15, 0.2) is 0 Å². The number of thiol groups is 1. The molecule has 162 valence electrons. The number of aryl methyl sites for hydroxylation is 1. The van der Waals surface area contributed by atoms with Gasteiger partial charge >= 0.3 is 7.82 Å². The Morgan fingerprint density at radius 2 is 2.17 bits per heavy atom. The molecular weight excluding hydrogens is 419 g/mol. The van der Waals surface area contributed by atoms with E-state index in [9.17, 15) is 14.5 Å². The van der Waals surface area contributed by atoms with Gasteiger partial charge in [0.05, 0.1) is 18.2 Å². The molecule has 1 heterocycles. The van der Waals surface area contributed by atoms with Crippen LogP contribution in [0, 0.1) is 12.8 Å². The van der Waals surface area contributed by atoms with Gasteiger partial charge in [0.1, 0.15) is 11.6 Å². The lowest BCUT2D eigenvalue weighted by atomic mass is 9.86. The zero-order chi connectivity index (χ0) is 21.6. The molecular formula is C17H27N4O6PS. The van der Waals surface area contributed by atoms with Crippen LogP contribution in [0.3, 0.4) is 0 Å². The van der Waals surface area contributed by atoms with E-state index in [4.69, 9.17) is 15.5 Å². The van der Waals surface area contributed by atoms with Gasteiger partial charge in [-0.05, 0) is 31.6 Å². The molecule has 1 aromatic heterocycles. The van der Waals surface area contributed by atoms with Crippen molar-refractivity contribution in [3.63, 3.8) is 0 Å². The zero-order valence-electron chi connectivity index (χ0n) is 16.4. The summed E-state index contributed by atoms with van der Waals surface area (Å²) in [6.45, 7) is 3.29. The smallest absolute Gasteiger partial charge is 0.383 e. The predicted molar refractivity (Wildman–Crippen MR) is 112 cm³/mol. The molecule has 5 N–H and O–H groups in total. The fourth-order valence-corrected chi connectivity index (χ4v) is 4.23. The molecule has 1 amide bonds. The summed E-state index contributed by atoms with van der Waals surface area (Å²) in [6.07, 6.45) is 5.18. The fraction of sp³-hybridized carbons (Fsp3) is 0.529. The largest absolute Gasteiger partial charge is 0.469 e. The van der Waals surface area contributed by atoms with Crippen LogP contribution in [0.15, 0.2) is 16.8 Å². The number of aliphatic hydroxyl groups is 1. The molecule has 1 saturated carbocycles. The molecule has 12 heteroatoms. The van der Waals surface area contributed by atoms with Crippen molar-refractivity contribution in [1.29, 1.82) is 0 Å². The van der Waals surface area contributed by atoms with Gasteiger partial charge in [-0.1, -0.05) is 6.42 Å². The first kappa shape index (κ1) is 23.7. The van der Waals surface area contributed by atoms with Crippen LogP contribution in [0.2, 0.25) is 0 Å². The Hall–Kier alpha value is -1.62. The number of rotatable bonds is 10. The van der Waals surface area contributed by atoms with Crippen molar-refractivity contribution in [1.82, 2.24) is 14.9 Å². The summed E-state index contributed by atoms with van der Waals surface area (Å²) in [5, 5.41) is 10.7. The van der Waals surface area contributed by atoms with E-state index in [2.05, 4.69) is 14.5 Å². The summed E-state index contributed by atoms with van der Waals surface area (Å²) in [5.41, 5.74) is 7.02. The highest BCUT2D eigenvalue weighted by atomic mass is 32.1. The fourth-order valence-electron chi connectivity index (χ4n) is 2.69. The van der Waals surface area contributed by atoms with E-state index in [1.807, 2.05) is 0 Å². The number of hydrogen-bond acceptors (Lipinski definition) is 6. The van der Waals surface area contributed by atoms with Crippen molar-refractivity contribution in [3.8, 4) is 0 Å². The van der Waals surface area contributed by atoms with Crippen molar-refractivity contribution >= 4 is 36.5 Å². The van der Waals surface area contributed by atoms with Gasteiger partial charge in [-0.3, -0.25) is 9.32 Å². The number of nitrogens with zero attached hydrogens (tertiary/aromatic N) is 3. The average Bonchev–Trinajstić information content (AvgIpc) is 2.57. The van der Waals surface area contributed by atoms with Gasteiger partial charge < -0.3 is 25.5 Å². The minimum absolute atomic E-state index is 0.105. The molecule has 1 aliphatic rings. The minimum Gasteiger partial charge on any atom is -0.383 e. The lowest BCUT2D eigenvalue weighted by Gasteiger charge is -2.26. The van der Waals surface area contributed by atoms with Crippen LogP contribution in [-0.2, 0) is 20.4 Å². The molecule has 0 radical (unpaired) electrons. The molecule has 29 heavy (non-hydrogen) atoms. The first-order valence-corrected chi connectivity index (χ1v) is 11.5. The Morgan fingerprint density at radius 3 is 2.69 bits per heavy atom. The van der Waals surface area contributed by atoms with E-state index >= 15 is 0 Å². The van der Waals surface area contributed by atoms with Crippen LogP contribution in [-0.4, -0.2) is 47.8 Å². The number of allylic oxidation sites excluding steroid dienone is 1. The Labute approximate surface area is 173 Å². The third kappa shape index (κ3) is 7.29. The number of hydrogen-bond donors (Lipinski definition) is 5. The van der Waals surface area contributed by atoms with Gasteiger partial charge in [-0.15, -0.1) is 11.4 Å². The second-order valence-electron chi connectivity index (χ2n) is 6.76. The number of anilines is 1.